The van der Waals surface area contributed by atoms with Crippen molar-refractivity contribution in [2.24, 2.45) is 23.7 Å². The Morgan fingerprint density at radius 3 is 2.32 bits per heavy atom. The number of carbonyl (C=O) groups excluding carboxylic acids is 1. The van der Waals surface area contributed by atoms with Crippen LogP contribution in [-0.4, -0.2) is 23.9 Å². The lowest BCUT2D eigenvalue weighted by atomic mass is 9.81. The number of carbonyl (C=O) groups is 1. The molecule has 1 saturated carbocycles. The van der Waals surface area contributed by atoms with E-state index in [1.807, 2.05) is 7.05 Å². The van der Waals surface area contributed by atoms with Gasteiger partial charge in [-0.25, -0.2) is 0 Å². The first-order valence-corrected chi connectivity index (χ1v) is 8.20. The molecule has 0 heterocycles. The van der Waals surface area contributed by atoms with Gasteiger partial charge in [-0.2, -0.15) is 0 Å². The maximum absolute atomic E-state index is 12.9. The monoisotopic (exact) mass is 267 g/mol. The molecule has 4 atom stereocenters. The molecule has 2 heteroatoms. The lowest BCUT2D eigenvalue weighted by Crippen LogP contribution is -2.45. The minimum absolute atomic E-state index is 0.188. The van der Waals surface area contributed by atoms with Gasteiger partial charge >= 0.3 is 0 Å². The molecule has 1 rings (SSSR count). The summed E-state index contributed by atoms with van der Waals surface area (Å²) in [7, 11) is 2.04. The van der Waals surface area contributed by atoms with Crippen LogP contribution in [0.2, 0.25) is 0 Å². The third-order valence-corrected chi connectivity index (χ3v) is 5.25. The molecule has 19 heavy (non-hydrogen) atoms. The van der Waals surface area contributed by atoms with Crippen LogP contribution < -0.4 is 0 Å². The Labute approximate surface area is 119 Å². The maximum atomic E-state index is 12.9. The van der Waals surface area contributed by atoms with E-state index in [9.17, 15) is 4.79 Å². The van der Waals surface area contributed by atoms with Gasteiger partial charge in [0.25, 0.3) is 0 Å². The highest BCUT2D eigenvalue weighted by molar-refractivity contribution is 5.79. The van der Waals surface area contributed by atoms with Crippen molar-refractivity contribution in [1.82, 2.24) is 4.90 Å². The van der Waals surface area contributed by atoms with E-state index in [0.717, 1.165) is 12.3 Å². The van der Waals surface area contributed by atoms with Crippen LogP contribution in [0.1, 0.15) is 66.7 Å². The Bertz CT molecular complexity index is 287. The predicted octanol–water partition coefficient (Wildman–Crippen LogP) is 4.34. The zero-order valence-corrected chi connectivity index (χ0v) is 13.8. The summed E-state index contributed by atoms with van der Waals surface area (Å²) >= 11 is 0. The first-order chi connectivity index (χ1) is 8.93. The van der Waals surface area contributed by atoms with Crippen LogP contribution in [0.3, 0.4) is 0 Å². The van der Waals surface area contributed by atoms with Crippen molar-refractivity contribution in [1.29, 1.82) is 0 Å². The molecule has 1 fully saturated rings. The lowest BCUT2D eigenvalue weighted by molar-refractivity contribution is -0.140. The fourth-order valence-electron chi connectivity index (χ4n) is 3.84. The summed E-state index contributed by atoms with van der Waals surface area (Å²) in [5.74, 6) is 2.21. The Balaban J connectivity index is 2.78. The lowest BCUT2D eigenvalue weighted by Gasteiger charge is -2.35. The molecule has 1 aliphatic rings. The molecule has 112 valence electrons. The molecule has 1 aliphatic carbocycles. The normalized spacial score (nSPS) is 26.5. The quantitative estimate of drug-likeness (QED) is 0.701. The summed E-state index contributed by atoms with van der Waals surface area (Å²) in [4.78, 5) is 15.0. The molecule has 4 unspecified atom stereocenters. The topological polar surface area (TPSA) is 20.3 Å². The van der Waals surface area contributed by atoms with E-state index in [-0.39, 0.29) is 5.92 Å². The van der Waals surface area contributed by atoms with Crippen LogP contribution in [0.5, 0.6) is 0 Å². The van der Waals surface area contributed by atoms with E-state index in [1.54, 1.807) is 0 Å². The zero-order chi connectivity index (χ0) is 14.6. The smallest absolute Gasteiger partial charge is 0.226 e. The van der Waals surface area contributed by atoms with Gasteiger partial charge in [-0.1, -0.05) is 53.9 Å². The molecular weight excluding hydrogens is 234 g/mol. The summed E-state index contributed by atoms with van der Waals surface area (Å²) in [6.45, 7) is 11.1. The van der Waals surface area contributed by atoms with Gasteiger partial charge in [0.2, 0.25) is 5.91 Å². The first kappa shape index (κ1) is 16.5. The van der Waals surface area contributed by atoms with Crippen molar-refractivity contribution >= 4 is 5.91 Å². The first-order valence-electron chi connectivity index (χ1n) is 8.20. The third-order valence-electron chi connectivity index (χ3n) is 5.25. The minimum atomic E-state index is 0.188. The molecule has 0 spiro atoms. The van der Waals surface area contributed by atoms with Crippen LogP contribution in [-0.2, 0) is 4.79 Å². The van der Waals surface area contributed by atoms with Gasteiger partial charge in [-0.05, 0) is 30.6 Å². The largest absolute Gasteiger partial charge is 0.342 e. The molecule has 0 aromatic carbocycles. The molecule has 0 aliphatic heterocycles. The van der Waals surface area contributed by atoms with E-state index in [1.165, 1.54) is 25.7 Å². The molecule has 0 bridgehead atoms. The molecule has 2 nitrogen and oxygen atoms in total. The SMILES string of the molecule is CCC(C)C(C(=O)N(C)C1CCCC1CC)C(C)C. The van der Waals surface area contributed by atoms with Crippen LogP contribution in [0, 0.1) is 23.7 Å². The van der Waals surface area contributed by atoms with Crippen molar-refractivity contribution < 1.29 is 4.79 Å². The van der Waals surface area contributed by atoms with Gasteiger partial charge in [-0.15, -0.1) is 0 Å². The molecule has 0 aromatic heterocycles. The van der Waals surface area contributed by atoms with E-state index >= 15 is 0 Å². The van der Waals surface area contributed by atoms with Crippen LogP contribution in [0.25, 0.3) is 0 Å². The fraction of sp³-hybridized carbons (Fsp3) is 0.941. The van der Waals surface area contributed by atoms with Crippen LogP contribution in [0.15, 0.2) is 0 Å². The highest BCUT2D eigenvalue weighted by Gasteiger charge is 2.36. The number of rotatable bonds is 6. The number of hydrogen-bond acceptors (Lipinski definition) is 1. The highest BCUT2D eigenvalue weighted by atomic mass is 16.2. The summed E-state index contributed by atoms with van der Waals surface area (Å²) in [5.41, 5.74) is 0. The second-order valence-corrected chi connectivity index (χ2v) is 6.77. The summed E-state index contributed by atoms with van der Waals surface area (Å²) in [6.07, 6.45) is 6.08. The van der Waals surface area contributed by atoms with E-state index in [4.69, 9.17) is 0 Å². The molecule has 0 N–H and O–H groups in total. The van der Waals surface area contributed by atoms with Crippen LogP contribution in [0.4, 0.5) is 0 Å². The summed E-state index contributed by atoms with van der Waals surface area (Å²) in [5, 5.41) is 0. The van der Waals surface area contributed by atoms with Crippen molar-refractivity contribution in [2.75, 3.05) is 7.05 Å². The molecule has 0 aromatic rings. The van der Waals surface area contributed by atoms with Gasteiger partial charge in [0.05, 0.1) is 0 Å². The molecule has 0 saturated heterocycles. The Kier molecular flexibility index (Phi) is 6.35. The summed E-state index contributed by atoms with van der Waals surface area (Å²) < 4.78 is 0. The highest BCUT2D eigenvalue weighted by Crippen LogP contribution is 2.34. The number of hydrogen-bond donors (Lipinski definition) is 0. The van der Waals surface area contributed by atoms with E-state index < -0.39 is 0 Å². The van der Waals surface area contributed by atoms with Crippen molar-refractivity contribution in [3.05, 3.63) is 0 Å². The number of nitrogens with zero attached hydrogens (tertiary/aromatic N) is 1. The minimum Gasteiger partial charge on any atom is -0.342 e. The third kappa shape index (κ3) is 3.73. The standard InChI is InChI=1S/C17H33NO/c1-7-13(5)16(12(3)4)17(19)18(6)15-11-9-10-14(15)8-2/h12-16H,7-11H2,1-6H3. The number of amides is 1. The van der Waals surface area contributed by atoms with Crippen molar-refractivity contribution in [2.45, 2.75) is 72.8 Å². The van der Waals surface area contributed by atoms with Crippen molar-refractivity contribution in [3.63, 3.8) is 0 Å². The molecule has 0 radical (unpaired) electrons. The predicted molar refractivity (Wildman–Crippen MR) is 82.0 cm³/mol. The molecular formula is C17H33NO. The average molecular weight is 267 g/mol. The Morgan fingerprint density at radius 2 is 1.84 bits per heavy atom. The second kappa shape index (κ2) is 7.31. The van der Waals surface area contributed by atoms with E-state index in [2.05, 4.69) is 39.5 Å². The Morgan fingerprint density at radius 1 is 1.21 bits per heavy atom. The zero-order valence-electron chi connectivity index (χ0n) is 13.8. The van der Waals surface area contributed by atoms with Crippen LogP contribution >= 0.6 is 0 Å². The van der Waals surface area contributed by atoms with Gasteiger partial charge in [-0.3, -0.25) is 4.79 Å². The molecule has 1 amide bonds. The average Bonchev–Trinajstić information content (AvgIpc) is 2.85. The van der Waals surface area contributed by atoms with Gasteiger partial charge in [0.1, 0.15) is 0 Å². The maximum Gasteiger partial charge on any atom is 0.226 e. The Hall–Kier alpha value is -0.530. The fourth-order valence-corrected chi connectivity index (χ4v) is 3.84. The second-order valence-electron chi connectivity index (χ2n) is 6.77. The van der Waals surface area contributed by atoms with Gasteiger partial charge < -0.3 is 4.90 Å². The van der Waals surface area contributed by atoms with E-state index in [0.29, 0.717) is 23.8 Å². The summed E-state index contributed by atoms with van der Waals surface area (Å²) in [6, 6.07) is 0.489. The van der Waals surface area contributed by atoms with Crippen molar-refractivity contribution in [3.8, 4) is 0 Å². The van der Waals surface area contributed by atoms with Gasteiger partial charge in [0.15, 0.2) is 0 Å². The van der Waals surface area contributed by atoms with Gasteiger partial charge in [0, 0.05) is 19.0 Å².